The molecule has 0 aliphatic rings. The molecule has 0 saturated heterocycles. The van der Waals surface area contributed by atoms with Crippen molar-refractivity contribution in [2.45, 2.75) is 20.8 Å². The maximum Gasteiger partial charge on any atom is 0.252 e. The van der Waals surface area contributed by atoms with Crippen molar-refractivity contribution in [1.82, 2.24) is 29.7 Å². The van der Waals surface area contributed by atoms with E-state index in [0.29, 0.717) is 29.2 Å². The number of aryl methyl sites for hydroxylation is 3. The lowest BCUT2D eigenvalue weighted by molar-refractivity contribution is 0.356. The summed E-state index contributed by atoms with van der Waals surface area (Å²) in [5.41, 5.74) is 4.28. The number of anilines is 2. The van der Waals surface area contributed by atoms with Crippen LogP contribution in [0.5, 0.6) is 11.5 Å². The van der Waals surface area contributed by atoms with Gasteiger partial charge in [-0.05, 0) is 26.8 Å². The molecular weight excluding hydrogens is 358 g/mol. The highest BCUT2D eigenvalue weighted by molar-refractivity contribution is 5.82. The molecule has 9 heteroatoms. The number of nitrogens with zero attached hydrogens (tertiary/aromatic N) is 5. The van der Waals surface area contributed by atoms with Crippen molar-refractivity contribution in [1.29, 1.82) is 0 Å². The van der Waals surface area contributed by atoms with E-state index in [1.165, 1.54) is 0 Å². The van der Waals surface area contributed by atoms with Gasteiger partial charge in [-0.3, -0.25) is 0 Å². The lowest BCUT2D eigenvalue weighted by atomic mass is 10.3. The average molecular weight is 379 g/mol. The highest BCUT2D eigenvalue weighted by Crippen LogP contribution is 2.32. The van der Waals surface area contributed by atoms with Crippen LogP contribution in [0.2, 0.25) is 0 Å². The molecule has 0 atom stereocenters. The second kappa shape index (κ2) is 6.84. The van der Waals surface area contributed by atoms with Gasteiger partial charge in [-0.25, -0.2) is 14.6 Å². The Bertz CT molecular complexity index is 1120. The largest absolute Gasteiger partial charge is 0.493 e. The number of hydrogen-bond acceptors (Lipinski definition) is 7. The fourth-order valence-corrected chi connectivity index (χ4v) is 3.06. The van der Waals surface area contributed by atoms with Crippen LogP contribution in [0.25, 0.3) is 17.0 Å². The molecule has 2 N–H and O–H groups in total. The van der Waals surface area contributed by atoms with Crippen LogP contribution in [0.3, 0.4) is 0 Å². The second-order valence-electron chi connectivity index (χ2n) is 6.47. The van der Waals surface area contributed by atoms with E-state index in [1.54, 1.807) is 18.9 Å². The third kappa shape index (κ3) is 3.22. The number of ether oxygens (including phenoxy) is 2. The van der Waals surface area contributed by atoms with Crippen LogP contribution in [0, 0.1) is 20.8 Å². The molecule has 0 fully saturated rings. The van der Waals surface area contributed by atoms with E-state index in [4.69, 9.17) is 9.47 Å². The first-order chi connectivity index (χ1) is 13.5. The van der Waals surface area contributed by atoms with Gasteiger partial charge in [-0.2, -0.15) is 10.1 Å². The summed E-state index contributed by atoms with van der Waals surface area (Å²) >= 11 is 0. The highest BCUT2D eigenvalue weighted by atomic mass is 16.5. The van der Waals surface area contributed by atoms with E-state index < -0.39 is 0 Å². The van der Waals surface area contributed by atoms with E-state index in [-0.39, 0.29) is 0 Å². The van der Waals surface area contributed by atoms with Crippen LogP contribution < -0.4 is 14.8 Å². The van der Waals surface area contributed by atoms with Gasteiger partial charge in [0.25, 0.3) is 5.95 Å². The minimum atomic E-state index is 0.507. The second-order valence-corrected chi connectivity index (χ2v) is 6.47. The van der Waals surface area contributed by atoms with Crippen molar-refractivity contribution in [3.63, 3.8) is 0 Å². The number of hydrogen-bond donors (Lipinski definition) is 2. The van der Waals surface area contributed by atoms with Crippen LogP contribution in [0.1, 0.15) is 17.1 Å². The number of H-pyrrole nitrogens is 1. The Morgan fingerprint density at radius 1 is 0.893 bits per heavy atom. The summed E-state index contributed by atoms with van der Waals surface area (Å²) in [6.07, 6.45) is 0. The Labute approximate surface area is 161 Å². The normalized spacial score (nSPS) is 11.0. The summed E-state index contributed by atoms with van der Waals surface area (Å²) in [6.45, 7) is 5.82. The smallest absolute Gasteiger partial charge is 0.252 e. The number of nitrogens with one attached hydrogen (secondary N) is 2. The van der Waals surface area contributed by atoms with Crippen molar-refractivity contribution >= 4 is 22.8 Å². The molecule has 4 aromatic rings. The standard InChI is InChI=1S/C19H21N7O2/c1-10-7-17(24-19(20-10)26-12(3)6-11(2)25-26)23-18-21-13-8-15(27-4)16(28-5)9-14(13)22-18/h6-9H,1-5H3,(H2,20,21,22,23,24). The molecule has 1 aromatic carbocycles. The van der Waals surface area contributed by atoms with E-state index in [0.717, 1.165) is 28.1 Å². The quantitative estimate of drug-likeness (QED) is 0.549. The summed E-state index contributed by atoms with van der Waals surface area (Å²) in [5, 5.41) is 7.66. The number of benzene rings is 1. The Hall–Kier alpha value is -3.62. The van der Waals surface area contributed by atoms with Crippen molar-refractivity contribution < 1.29 is 9.47 Å². The first-order valence-corrected chi connectivity index (χ1v) is 8.75. The van der Waals surface area contributed by atoms with E-state index in [9.17, 15) is 0 Å². The van der Waals surface area contributed by atoms with E-state index in [1.807, 2.05) is 45.0 Å². The Morgan fingerprint density at radius 2 is 1.64 bits per heavy atom. The fraction of sp³-hybridized carbons (Fsp3) is 0.263. The molecule has 0 aliphatic carbocycles. The maximum absolute atomic E-state index is 5.34. The molecular formula is C19H21N7O2. The molecule has 0 aliphatic heterocycles. The summed E-state index contributed by atoms with van der Waals surface area (Å²) < 4.78 is 12.4. The van der Waals surface area contributed by atoms with E-state index in [2.05, 4.69) is 30.4 Å². The molecule has 0 radical (unpaired) electrons. The number of rotatable bonds is 5. The number of fused-ring (bicyclic) bond motifs is 1. The molecule has 0 amide bonds. The molecule has 3 heterocycles. The monoisotopic (exact) mass is 379 g/mol. The third-order valence-electron chi connectivity index (χ3n) is 4.28. The minimum absolute atomic E-state index is 0.507. The summed E-state index contributed by atoms with van der Waals surface area (Å²) in [4.78, 5) is 16.9. The van der Waals surface area contributed by atoms with Gasteiger partial charge in [-0.15, -0.1) is 0 Å². The van der Waals surface area contributed by atoms with Crippen molar-refractivity contribution in [3.8, 4) is 17.4 Å². The molecule has 144 valence electrons. The van der Waals surface area contributed by atoms with Crippen LogP contribution in [-0.4, -0.2) is 43.9 Å². The number of imidazole rings is 1. The number of aromatic nitrogens is 6. The topological polar surface area (TPSA) is 103 Å². The van der Waals surface area contributed by atoms with Crippen LogP contribution >= 0.6 is 0 Å². The molecule has 3 aromatic heterocycles. The molecule has 0 spiro atoms. The molecule has 0 bridgehead atoms. The van der Waals surface area contributed by atoms with Crippen LogP contribution in [0.4, 0.5) is 11.8 Å². The zero-order chi connectivity index (χ0) is 19.8. The first kappa shape index (κ1) is 17.8. The van der Waals surface area contributed by atoms with Gasteiger partial charge in [0.1, 0.15) is 5.82 Å². The van der Waals surface area contributed by atoms with Gasteiger partial charge in [0, 0.05) is 29.6 Å². The molecule has 0 unspecified atom stereocenters. The van der Waals surface area contributed by atoms with Crippen molar-refractivity contribution in [2.24, 2.45) is 0 Å². The zero-order valence-electron chi connectivity index (χ0n) is 16.4. The van der Waals surface area contributed by atoms with Gasteiger partial charge in [0.2, 0.25) is 5.95 Å². The lowest BCUT2D eigenvalue weighted by Gasteiger charge is -2.07. The summed E-state index contributed by atoms with van der Waals surface area (Å²) in [7, 11) is 3.20. The minimum Gasteiger partial charge on any atom is -0.493 e. The Morgan fingerprint density at radius 3 is 2.32 bits per heavy atom. The van der Waals surface area contributed by atoms with Gasteiger partial charge in [0.15, 0.2) is 11.5 Å². The molecule has 0 saturated carbocycles. The predicted octanol–water partition coefficient (Wildman–Crippen LogP) is 3.22. The Kier molecular flexibility index (Phi) is 4.34. The zero-order valence-corrected chi connectivity index (χ0v) is 16.4. The van der Waals surface area contributed by atoms with Gasteiger partial charge in [0.05, 0.1) is 30.9 Å². The average Bonchev–Trinajstić information content (AvgIpc) is 3.20. The van der Waals surface area contributed by atoms with Gasteiger partial charge >= 0.3 is 0 Å². The first-order valence-electron chi connectivity index (χ1n) is 8.75. The number of aromatic amines is 1. The van der Waals surface area contributed by atoms with Crippen LogP contribution in [0.15, 0.2) is 24.3 Å². The van der Waals surface area contributed by atoms with Gasteiger partial charge < -0.3 is 19.8 Å². The lowest BCUT2D eigenvalue weighted by Crippen LogP contribution is -2.08. The molecule has 9 nitrogen and oxygen atoms in total. The number of methoxy groups -OCH3 is 2. The fourth-order valence-electron chi connectivity index (χ4n) is 3.06. The molecule has 28 heavy (non-hydrogen) atoms. The highest BCUT2D eigenvalue weighted by Gasteiger charge is 2.12. The van der Waals surface area contributed by atoms with Gasteiger partial charge in [-0.1, -0.05) is 0 Å². The maximum atomic E-state index is 5.34. The van der Waals surface area contributed by atoms with Crippen molar-refractivity contribution in [2.75, 3.05) is 19.5 Å². The molecule has 4 rings (SSSR count). The Balaban J connectivity index is 1.70. The third-order valence-corrected chi connectivity index (χ3v) is 4.28. The predicted molar refractivity (Wildman–Crippen MR) is 106 cm³/mol. The van der Waals surface area contributed by atoms with E-state index >= 15 is 0 Å². The summed E-state index contributed by atoms with van der Waals surface area (Å²) in [5.74, 6) is 2.94. The SMILES string of the molecule is COc1cc2nc(Nc3cc(C)nc(-n4nc(C)cc4C)n3)[nH]c2cc1OC. The van der Waals surface area contributed by atoms with Crippen LogP contribution in [-0.2, 0) is 0 Å². The van der Waals surface area contributed by atoms with Crippen molar-refractivity contribution in [3.05, 3.63) is 41.3 Å². The summed E-state index contributed by atoms with van der Waals surface area (Å²) in [6, 6.07) is 7.50.